The number of anilines is 1. The molecule has 5 heteroatoms. The van der Waals surface area contributed by atoms with Crippen molar-refractivity contribution in [2.75, 3.05) is 5.32 Å². The first-order valence-corrected chi connectivity index (χ1v) is 9.31. The monoisotopic (exact) mass is 400 g/mol. The molecule has 1 amide bonds. The quantitative estimate of drug-likeness (QED) is 0.610. The lowest BCUT2D eigenvalue weighted by Gasteiger charge is -2.06. The van der Waals surface area contributed by atoms with E-state index >= 15 is 0 Å². The molecule has 0 bridgehead atoms. The van der Waals surface area contributed by atoms with Crippen LogP contribution in [-0.4, -0.2) is 10.9 Å². The molecule has 1 N–H and O–H groups in total. The van der Waals surface area contributed by atoms with Crippen LogP contribution in [0.25, 0.3) is 11.3 Å². The first-order valence-electron chi connectivity index (χ1n) is 7.70. The van der Waals surface area contributed by atoms with E-state index in [-0.39, 0.29) is 5.91 Å². The van der Waals surface area contributed by atoms with E-state index in [0.29, 0.717) is 5.56 Å². The Hall–Kier alpha value is -1.98. The van der Waals surface area contributed by atoms with Crippen LogP contribution < -0.4 is 5.32 Å². The maximum absolute atomic E-state index is 12.3. The summed E-state index contributed by atoms with van der Waals surface area (Å²) >= 11 is 5.11. The molecule has 0 aliphatic carbocycles. The molecule has 122 valence electrons. The highest BCUT2D eigenvalue weighted by Gasteiger charge is 2.11. The lowest BCUT2D eigenvalue weighted by atomic mass is 10.1. The van der Waals surface area contributed by atoms with E-state index in [1.807, 2.05) is 55.5 Å². The van der Waals surface area contributed by atoms with Gasteiger partial charge in [0.15, 0.2) is 0 Å². The van der Waals surface area contributed by atoms with E-state index in [1.165, 1.54) is 4.88 Å². The molecule has 0 radical (unpaired) electrons. The van der Waals surface area contributed by atoms with Gasteiger partial charge in [0, 0.05) is 26.2 Å². The van der Waals surface area contributed by atoms with Crippen LogP contribution in [0.2, 0.25) is 0 Å². The topological polar surface area (TPSA) is 42.0 Å². The Kier molecular flexibility index (Phi) is 5.11. The van der Waals surface area contributed by atoms with E-state index < -0.39 is 0 Å². The Morgan fingerprint density at radius 1 is 1.12 bits per heavy atom. The summed E-state index contributed by atoms with van der Waals surface area (Å²) in [6.45, 7) is 4.16. The lowest BCUT2D eigenvalue weighted by molar-refractivity contribution is 0.102. The number of hydrogen-bond acceptors (Lipinski definition) is 3. The average molecular weight is 401 g/mol. The summed E-state index contributed by atoms with van der Waals surface area (Å²) in [5.41, 5.74) is 3.48. The fraction of sp³-hybridized carbons (Fsp3) is 0.158. The van der Waals surface area contributed by atoms with Crippen molar-refractivity contribution in [1.82, 2.24) is 4.98 Å². The summed E-state index contributed by atoms with van der Waals surface area (Å²) < 4.78 is 0.982. The van der Waals surface area contributed by atoms with Crippen LogP contribution in [0.1, 0.15) is 27.2 Å². The third-order valence-corrected chi connectivity index (χ3v) is 5.29. The van der Waals surface area contributed by atoms with Crippen LogP contribution >= 0.6 is 27.3 Å². The molecule has 2 aromatic carbocycles. The Bertz CT molecular complexity index is 854. The molecule has 0 aliphatic heterocycles. The van der Waals surface area contributed by atoms with Gasteiger partial charge < -0.3 is 5.32 Å². The molecule has 0 unspecified atom stereocenters. The van der Waals surface area contributed by atoms with Gasteiger partial charge in [-0.25, -0.2) is 4.98 Å². The first-order chi connectivity index (χ1) is 11.6. The Balaban J connectivity index is 1.78. The number of hydrogen-bond donors (Lipinski definition) is 1. The minimum absolute atomic E-state index is 0.117. The smallest absolute Gasteiger partial charge is 0.255 e. The summed E-state index contributed by atoms with van der Waals surface area (Å²) in [6.07, 6.45) is 0.965. The molecule has 0 saturated heterocycles. The van der Waals surface area contributed by atoms with Crippen LogP contribution in [0, 0.1) is 6.92 Å². The van der Waals surface area contributed by atoms with E-state index in [9.17, 15) is 4.79 Å². The molecule has 0 spiro atoms. The predicted octanol–water partition coefficient (Wildman–Crippen LogP) is 5.70. The summed E-state index contributed by atoms with van der Waals surface area (Å²) in [7, 11) is 0. The molecule has 24 heavy (non-hydrogen) atoms. The van der Waals surface area contributed by atoms with E-state index in [2.05, 4.69) is 33.2 Å². The first kappa shape index (κ1) is 16.9. The number of carbonyl (C=O) groups is 1. The van der Waals surface area contributed by atoms with Gasteiger partial charge in [-0.05, 0) is 49.7 Å². The molecule has 1 heterocycles. The van der Waals surface area contributed by atoms with Crippen molar-refractivity contribution in [3.63, 3.8) is 0 Å². The number of aryl methyl sites for hydroxylation is 2. The number of halogens is 1. The van der Waals surface area contributed by atoms with E-state index in [0.717, 1.165) is 32.8 Å². The minimum atomic E-state index is -0.117. The number of thiazole rings is 1. The van der Waals surface area contributed by atoms with Gasteiger partial charge in [0.25, 0.3) is 5.91 Å². The normalized spacial score (nSPS) is 10.6. The number of rotatable bonds is 4. The van der Waals surface area contributed by atoms with Gasteiger partial charge in [-0.1, -0.05) is 35.0 Å². The Labute approximate surface area is 153 Å². The third-order valence-electron chi connectivity index (χ3n) is 3.65. The molecule has 3 aromatic rings. The maximum Gasteiger partial charge on any atom is 0.255 e. The molecule has 0 saturated carbocycles. The zero-order valence-electron chi connectivity index (χ0n) is 13.5. The lowest BCUT2D eigenvalue weighted by Crippen LogP contribution is -2.11. The zero-order chi connectivity index (χ0) is 17.1. The number of carbonyl (C=O) groups excluding carboxylic acids is 1. The van der Waals surface area contributed by atoms with Crippen molar-refractivity contribution in [2.24, 2.45) is 0 Å². The van der Waals surface area contributed by atoms with E-state index in [4.69, 9.17) is 0 Å². The second-order valence-corrected chi connectivity index (χ2v) is 7.60. The average Bonchev–Trinajstić information content (AvgIpc) is 2.98. The highest BCUT2D eigenvalue weighted by Crippen LogP contribution is 2.28. The van der Waals surface area contributed by atoms with Crippen LogP contribution in [0.3, 0.4) is 0 Å². The number of aromatic nitrogens is 1. The predicted molar refractivity (Wildman–Crippen MR) is 104 cm³/mol. The summed E-state index contributed by atoms with van der Waals surface area (Å²) in [6, 6.07) is 15.1. The number of amides is 1. The van der Waals surface area contributed by atoms with Gasteiger partial charge in [0.2, 0.25) is 0 Å². The van der Waals surface area contributed by atoms with Crippen molar-refractivity contribution >= 4 is 38.9 Å². The SMILES string of the molecule is CCc1sc(C)nc1-c1ccc(C(=O)Nc2ccc(Br)cc2)cc1. The highest BCUT2D eigenvalue weighted by molar-refractivity contribution is 9.10. The van der Waals surface area contributed by atoms with Gasteiger partial charge in [-0.2, -0.15) is 0 Å². The molecule has 3 rings (SSSR count). The van der Waals surface area contributed by atoms with Crippen LogP contribution in [0.4, 0.5) is 5.69 Å². The standard InChI is InChI=1S/C19H17BrN2OS/c1-3-17-18(21-12(2)24-17)13-4-6-14(7-5-13)19(23)22-16-10-8-15(20)9-11-16/h4-11H,3H2,1-2H3,(H,22,23). The van der Waals surface area contributed by atoms with Gasteiger partial charge in [0.1, 0.15) is 0 Å². The highest BCUT2D eigenvalue weighted by atomic mass is 79.9. The summed E-state index contributed by atoms with van der Waals surface area (Å²) in [5, 5.41) is 3.97. The number of benzene rings is 2. The van der Waals surface area contributed by atoms with Crippen molar-refractivity contribution in [2.45, 2.75) is 20.3 Å². The molecule has 3 nitrogen and oxygen atoms in total. The van der Waals surface area contributed by atoms with Gasteiger partial charge in [-0.15, -0.1) is 11.3 Å². The molecule has 0 atom stereocenters. The minimum Gasteiger partial charge on any atom is -0.322 e. The maximum atomic E-state index is 12.3. The third kappa shape index (κ3) is 3.74. The van der Waals surface area contributed by atoms with Gasteiger partial charge in [-0.3, -0.25) is 4.79 Å². The van der Waals surface area contributed by atoms with Crippen molar-refractivity contribution in [3.8, 4) is 11.3 Å². The molecule has 0 fully saturated rings. The second-order valence-electron chi connectivity index (χ2n) is 5.40. The summed E-state index contributed by atoms with van der Waals surface area (Å²) in [4.78, 5) is 18.2. The fourth-order valence-electron chi connectivity index (χ4n) is 2.45. The van der Waals surface area contributed by atoms with Gasteiger partial charge in [0.05, 0.1) is 10.7 Å². The second kappa shape index (κ2) is 7.28. The molecular weight excluding hydrogens is 384 g/mol. The van der Waals surface area contributed by atoms with E-state index in [1.54, 1.807) is 11.3 Å². The summed E-state index contributed by atoms with van der Waals surface area (Å²) in [5.74, 6) is -0.117. The molecule has 1 aromatic heterocycles. The van der Waals surface area contributed by atoms with Crippen LogP contribution in [0.5, 0.6) is 0 Å². The molecular formula is C19H17BrN2OS. The largest absolute Gasteiger partial charge is 0.322 e. The number of nitrogens with zero attached hydrogens (tertiary/aromatic N) is 1. The van der Waals surface area contributed by atoms with Crippen molar-refractivity contribution in [3.05, 3.63) is 68.5 Å². The van der Waals surface area contributed by atoms with Crippen LogP contribution in [0.15, 0.2) is 53.0 Å². The fourth-order valence-corrected chi connectivity index (χ4v) is 3.61. The zero-order valence-corrected chi connectivity index (χ0v) is 15.9. The van der Waals surface area contributed by atoms with Crippen molar-refractivity contribution in [1.29, 1.82) is 0 Å². The van der Waals surface area contributed by atoms with Gasteiger partial charge >= 0.3 is 0 Å². The van der Waals surface area contributed by atoms with Crippen LogP contribution in [-0.2, 0) is 6.42 Å². The number of nitrogens with one attached hydrogen (secondary N) is 1. The Morgan fingerprint density at radius 2 is 1.79 bits per heavy atom. The van der Waals surface area contributed by atoms with Crippen molar-refractivity contribution < 1.29 is 4.79 Å². The molecule has 0 aliphatic rings. The Morgan fingerprint density at radius 3 is 2.42 bits per heavy atom.